The molecule has 1 saturated carbocycles. The summed E-state index contributed by atoms with van der Waals surface area (Å²) in [5.41, 5.74) is 0. The number of methoxy groups -OCH3 is 1. The Kier molecular flexibility index (Phi) is 3.87. The van der Waals surface area contributed by atoms with E-state index < -0.39 is 12.1 Å². The summed E-state index contributed by atoms with van der Waals surface area (Å²) in [5.74, 6) is -0.381. The monoisotopic (exact) mass is 256 g/mol. The normalized spacial score (nSPS) is 28.2. The van der Waals surface area contributed by atoms with Crippen LogP contribution in [0.4, 0.5) is 0 Å². The van der Waals surface area contributed by atoms with Crippen LogP contribution < -0.4 is 0 Å². The first-order chi connectivity index (χ1) is 8.52. The van der Waals surface area contributed by atoms with E-state index in [-0.39, 0.29) is 18.4 Å². The SMILES string of the molecule is COC(=O)C1CC(O)CN1CC(=O)N(C)C1CC1. The van der Waals surface area contributed by atoms with Gasteiger partial charge in [0.25, 0.3) is 0 Å². The van der Waals surface area contributed by atoms with Crippen LogP contribution in [0.3, 0.4) is 0 Å². The number of β-amino-alcohol motifs (C(OH)–C–C–N with tert-alkyl or cyclic N) is 1. The van der Waals surface area contributed by atoms with Crippen molar-refractivity contribution in [2.45, 2.75) is 37.5 Å². The number of rotatable bonds is 4. The molecule has 2 fully saturated rings. The second kappa shape index (κ2) is 5.24. The van der Waals surface area contributed by atoms with Crippen molar-refractivity contribution in [1.82, 2.24) is 9.80 Å². The number of esters is 1. The Labute approximate surface area is 106 Å². The van der Waals surface area contributed by atoms with E-state index in [4.69, 9.17) is 4.74 Å². The Morgan fingerprint density at radius 1 is 1.44 bits per heavy atom. The molecule has 1 N–H and O–H groups in total. The fourth-order valence-corrected chi connectivity index (χ4v) is 2.39. The maximum Gasteiger partial charge on any atom is 0.323 e. The van der Waals surface area contributed by atoms with E-state index in [9.17, 15) is 14.7 Å². The molecule has 0 aromatic heterocycles. The van der Waals surface area contributed by atoms with Crippen LogP contribution in [0.2, 0.25) is 0 Å². The highest BCUT2D eigenvalue weighted by Gasteiger charge is 2.39. The molecule has 102 valence electrons. The third kappa shape index (κ3) is 2.81. The quantitative estimate of drug-likeness (QED) is 0.668. The fraction of sp³-hybridized carbons (Fsp3) is 0.833. The maximum atomic E-state index is 12.0. The number of likely N-dealkylation sites (N-methyl/N-ethyl adjacent to an activating group) is 1. The average molecular weight is 256 g/mol. The molecule has 6 nitrogen and oxygen atoms in total. The van der Waals surface area contributed by atoms with Crippen LogP contribution in [-0.4, -0.2) is 72.2 Å². The molecule has 0 radical (unpaired) electrons. The van der Waals surface area contributed by atoms with Gasteiger partial charge in [-0.05, 0) is 12.8 Å². The minimum Gasteiger partial charge on any atom is -0.468 e. The zero-order valence-corrected chi connectivity index (χ0v) is 10.8. The number of amides is 1. The highest BCUT2D eigenvalue weighted by Crippen LogP contribution is 2.26. The summed E-state index contributed by atoms with van der Waals surface area (Å²) in [4.78, 5) is 27.0. The molecule has 2 unspecified atom stereocenters. The van der Waals surface area contributed by atoms with Crippen molar-refractivity contribution < 1.29 is 19.4 Å². The van der Waals surface area contributed by atoms with Gasteiger partial charge in [-0.1, -0.05) is 0 Å². The number of nitrogens with zero attached hydrogens (tertiary/aromatic N) is 2. The summed E-state index contributed by atoms with van der Waals surface area (Å²) in [6, 6.07) is -0.136. The fourth-order valence-electron chi connectivity index (χ4n) is 2.39. The van der Waals surface area contributed by atoms with E-state index in [1.807, 2.05) is 0 Å². The van der Waals surface area contributed by atoms with E-state index in [2.05, 4.69) is 0 Å². The summed E-state index contributed by atoms with van der Waals surface area (Å²) in [6.45, 7) is 0.522. The van der Waals surface area contributed by atoms with Crippen LogP contribution in [0.5, 0.6) is 0 Å². The molecule has 0 aromatic rings. The lowest BCUT2D eigenvalue weighted by atomic mass is 10.2. The van der Waals surface area contributed by atoms with E-state index in [0.717, 1.165) is 12.8 Å². The van der Waals surface area contributed by atoms with Gasteiger partial charge in [-0.25, -0.2) is 0 Å². The van der Waals surface area contributed by atoms with Gasteiger partial charge in [0, 0.05) is 26.1 Å². The lowest BCUT2D eigenvalue weighted by Crippen LogP contribution is -2.44. The highest BCUT2D eigenvalue weighted by molar-refractivity contribution is 5.81. The molecule has 0 aromatic carbocycles. The number of carbonyl (C=O) groups excluding carboxylic acids is 2. The van der Waals surface area contributed by atoms with Crippen molar-refractivity contribution in [3.63, 3.8) is 0 Å². The lowest BCUT2D eigenvalue weighted by molar-refractivity contribution is -0.146. The van der Waals surface area contributed by atoms with Gasteiger partial charge in [0.2, 0.25) is 5.91 Å². The van der Waals surface area contributed by atoms with Crippen molar-refractivity contribution in [3.05, 3.63) is 0 Å². The topological polar surface area (TPSA) is 70.1 Å². The molecule has 2 atom stereocenters. The Balaban J connectivity index is 1.93. The first-order valence-electron chi connectivity index (χ1n) is 6.28. The van der Waals surface area contributed by atoms with Gasteiger partial charge in [-0.3, -0.25) is 14.5 Å². The third-order valence-corrected chi connectivity index (χ3v) is 3.68. The van der Waals surface area contributed by atoms with Gasteiger partial charge < -0.3 is 14.7 Å². The molecule has 1 amide bonds. The van der Waals surface area contributed by atoms with Crippen molar-refractivity contribution in [1.29, 1.82) is 0 Å². The van der Waals surface area contributed by atoms with Gasteiger partial charge >= 0.3 is 5.97 Å². The smallest absolute Gasteiger partial charge is 0.323 e. The number of aliphatic hydroxyl groups excluding tert-OH is 1. The molecule has 0 bridgehead atoms. The molecule has 1 saturated heterocycles. The van der Waals surface area contributed by atoms with Crippen molar-refractivity contribution in [2.24, 2.45) is 0 Å². The van der Waals surface area contributed by atoms with Crippen molar-refractivity contribution in [3.8, 4) is 0 Å². The molecular formula is C12H20N2O4. The zero-order chi connectivity index (χ0) is 13.3. The zero-order valence-electron chi connectivity index (χ0n) is 10.8. The predicted molar refractivity (Wildman–Crippen MR) is 63.8 cm³/mol. The molecule has 2 aliphatic rings. The van der Waals surface area contributed by atoms with E-state index in [1.54, 1.807) is 16.8 Å². The van der Waals surface area contributed by atoms with Gasteiger partial charge in [0.15, 0.2) is 0 Å². The maximum absolute atomic E-state index is 12.0. The molecule has 1 aliphatic heterocycles. The van der Waals surface area contributed by atoms with Crippen molar-refractivity contribution >= 4 is 11.9 Å². The molecular weight excluding hydrogens is 236 g/mol. The number of hydrogen-bond acceptors (Lipinski definition) is 5. The Morgan fingerprint density at radius 2 is 2.11 bits per heavy atom. The molecule has 2 rings (SSSR count). The minimum absolute atomic E-state index is 0.000466. The highest BCUT2D eigenvalue weighted by atomic mass is 16.5. The second-order valence-corrected chi connectivity index (χ2v) is 5.09. The summed E-state index contributed by atoms with van der Waals surface area (Å²) < 4.78 is 4.70. The molecule has 0 spiro atoms. The first-order valence-corrected chi connectivity index (χ1v) is 6.28. The van der Waals surface area contributed by atoms with Crippen LogP contribution in [-0.2, 0) is 14.3 Å². The summed E-state index contributed by atoms with van der Waals surface area (Å²) >= 11 is 0. The number of hydrogen-bond donors (Lipinski definition) is 1. The minimum atomic E-state index is -0.562. The molecule has 6 heteroatoms. The standard InChI is InChI=1S/C12H20N2O4/c1-13(8-3-4-8)11(16)7-14-6-9(15)5-10(14)12(17)18-2/h8-10,15H,3-7H2,1-2H3. The Hall–Kier alpha value is -1.14. The first kappa shape index (κ1) is 13.3. The Bertz CT molecular complexity index is 343. The third-order valence-electron chi connectivity index (χ3n) is 3.68. The van der Waals surface area contributed by atoms with Gasteiger partial charge in [0.1, 0.15) is 6.04 Å². The van der Waals surface area contributed by atoms with Crippen LogP contribution in [0, 0.1) is 0 Å². The number of ether oxygens (including phenoxy) is 1. The predicted octanol–water partition coefficient (Wildman–Crippen LogP) is -0.785. The van der Waals surface area contributed by atoms with E-state index >= 15 is 0 Å². The van der Waals surface area contributed by atoms with Crippen LogP contribution in [0.15, 0.2) is 0 Å². The number of aliphatic hydroxyl groups is 1. The van der Waals surface area contributed by atoms with Gasteiger partial charge in [-0.15, -0.1) is 0 Å². The Morgan fingerprint density at radius 3 is 2.67 bits per heavy atom. The van der Waals surface area contributed by atoms with Gasteiger partial charge in [-0.2, -0.15) is 0 Å². The van der Waals surface area contributed by atoms with Crippen LogP contribution in [0.1, 0.15) is 19.3 Å². The summed E-state index contributed by atoms with van der Waals surface area (Å²) in [5, 5.41) is 9.61. The van der Waals surface area contributed by atoms with Crippen molar-refractivity contribution in [2.75, 3.05) is 27.2 Å². The van der Waals surface area contributed by atoms with Crippen LogP contribution in [0.25, 0.3) is 0 Å². The molecule has 18 heavy (non-hydrogen) atoms. The van der Waals surface area contributed by atoms with Crippen LogP contribution >= 0.6 is 0 Å². The largest absolute Gasteiger partial charge is 0.468 e. The number of likely N-dealkylation sites (tertiary alicyclic amines) is 1. The molecule has 1 heterocycles. The lowest BCUT2D eigenvalue weighted by Gasteiger charge is -2.24. The number of carbonyl (C=O) groups is 2. The molecule has 1 aliphatic carbocycles. The summed E-state index contributed by atoms with van der Waals surface area (Å²) in [7, 11) is 3.11. The average Bonchev–Trinajstić information content (AvgIpc) is 3.12. The van der Waals surface area contributed by atoms with E-state index in [1.165, 1.54) is 7.11 Å². The van der Waals surface area contributed by atoms with Gasteiger partial charge in [0.05, 0.1) is 19.8 Å². The summed E-state index contributed by atoms with van der Waals surface area (Å²) in [6.07, 6.45) is 1.90. The van der Waals surface area contributed by atoms with E-state index in [0.29, 0.717) is 19.0 Å². The second-order valence-electron chi connectivity index (χ2n) is 5.09.